The van der Waals surface area contributed by atoms with Crippen molar-refractivity contribution in [3.05, 3.63) is 46.8 Å². The summed E-state index contributed by atoms with van der Waals surface area (Å²) in [6.45, 7) is 13.7. The number of hydrogen-bond donors (Lipinski definition) is 2. The average molecular weight is 426 g/mol. The standard InChI is InChI=1S/C24H39N7/c1-19-9-8-10-22(17-19)31-15-13-30(14-16-31)12-7-6-11-26-24(25-4)27-18-23-20(2)28-29(5)21(23)3/h8-10,17H,6-7,11-16,18H2,1-5H3,(H2,25,26,27). The van der Waals surface area contributed by atoms with Crippen LogP contribution in [0, 0.1) is 20.8 Å². The second kappa shape index (κ2) is 11.2. The van der Waals surface area contributed by atoms with E-state index in [1.807, 2.05) is 18.8 Å². The third kappa shape index (κ3) is 6.47. The van der Waals surface area contributed by atoms with Gasteiger partial charge in [-0.1, -0.05) is 12.1 Å². The molecule has 7 nitrogen and oxygen atoms in total. The van der Waals surface area contributed by atoms with E-state index in [0.29, 0.717) is 0 Å². The number of guanidine groups is 1. The van der Waals surface area contributed by atoms with Crippen LogP contribution in [0.15, 0.2) is 29.3 Å². The lowest BCUT2D eigenvalue weighted by molar-refractivity contribution is 0.253. The molecule has 2 N–H and O–H groups in total. The zero-order chi connectivity index (χ0) is 22.2. The Balaban J connectivity index is 1.30. The number of aryl methyl sites for hydroxylation is 3. The molecule has 0 bridgehead atoms. The van der Waals surface area contributed by atoms with E-state index in [1.165, 1.54) is 35.5 Å². The molecule has 2 aromatic rings. The molecule has 0 spiro atoms. The Morgan fingerprint density at radius 2 is 1.84 bits per heavy atom. The van der Waals surface area contributed by atoms with E-state index in [-0.39, 0.29) is 0 Å². The van der Waals surface area contributed by atoms with Crippen LogP contribution >= 0.6 is 0 Å². The molecule has 0 saturated carbocycles. The second-order valence-electron chi connectivity index (χ2n) is 8.50. The van der Waals surface area contributed by atoms with Gasteiger partial charge in [-0.3, -0.25) is 14.6 Å². The van der Waals surface area contributed by atoms with Gasteiger partial charge < -0.3 is 15.5 Å². The smallest absolute Gasteiger partial charge is 0.191 e. The maximum absolute atomic E-state index is 4.48. The van der Waals surface area contributed by atoms with Crippen LogP contribution in [-0.2, 0) is 13.6 Å². The third-order valence-electron chi connectivity index (χ3n) is 6.25. The Hall–Kier alpha value is -2.54. The van der Waals surface area contributed by atoms with Crippen LogP contribution in [0.1, 0.15) is 35.4 Å². The molecule has 2 heterocycles. The summed E-state index contributed by atoms with van der Waals surface area (Å²) in [6.07, 6.45) is 2.35. The lowest BCUT2D eigenvalue weighted by Gasteiger charge is -2.36. The molecule has 0 amide bonds. The highest BCUT2D eigenvalue weighted by Crippen LogP contribution is 2.18. The molecule has 0 unspecified atom stereocenters. The van der Waals surface area contributed by atoms with E-state index in [0.717, 1.165) is 57.3 Å². The minimum Gasteiger partial charge on any atom is -0.369 e. The number of rotatable bonds is 8. The molecular formula is C24H39N7. The first-order valence-electron chi connectivity index (χ1n) is 11.5. The van der Waals surface area contributed by atoms with Crippen molar-refractivity contribution in [2.24, 2.45) is 12.0 Å². The Morgan fingerprint density at radius 3 is 2.48 bits per heavy atom. The molecular weight excluding hydrogens is 386 g/mol. The van der Waals surface area contributed by atoms with Gasteiger partial charge in [0, 0.05) is 70.3 Å². The lowest BCUT2D eigenvalue weighted by Crippen LogP contribution is -2.46. The molecule has 1 aliphatic rings. The highest BCUT2D eigenvalue weighted by molar-refractivity contribution is 5.79. The van der Waals surface area contributed by atoms with Crippen LogP contribution in [0.2, 0.25) is 0 Å². The van der Waals surface area contributed by atoms with Crippen molar-refractivity contribution in [1.29, 1.82) is 0 Å². The van der Waals surface area contributed by atoms with Gasteiger partial charge in [0.05, 0.1) is 5.69 Å². The maximum Gasteiger partial charge on any atom is 0.191 e. The molecule has 1 aromatic heterocycles. The minimum absolute atomic E-state index is 0.746. The molecule has 1 saturated heterocycles. The maximum atomic E-state index is 4.48. The highest BCUT2D eigenvalue weighted by Gasteiger charge is 2.16. The predicted molar refractivity (Wildman–Crippen MR) is 130 cm³/mol. The summed E-state index contributed by atoms with van der Waals surface area (Å²) in [5.74, 6) is 0.856. The Labute approximate surface area is 187 Å². The first-order valence-corrected chi connectivity index (χ1v) is 11.5. The summed E-state index contributed by atoms with van der Waals surface area (Å²) in [5, 5.41) is 11.3. The summed E-state index contributed by atoms with van der Waals surface area (Å²) in [4.78, 5) is 9.45. The van der Waals surface area contributed by atoms with Crippen molar-refractivity contribution in [3.8, 4) is 0 Å². The molecule has 1 fully saturated rings. The topological polar surface area (TPSA) is 60.7 Å². The van der Waals surface area contributed by atoms with Gasteiger partial charge in [-0.05, 0) is 57.9 Å². The van der Waals surface area contributed by atoms with Crippen LogP contribution < -0.4 is 15.5 Å². The van der Waals surface area contributed by atoms with Crippen molar-refractivity contribution in [2.45, 2.75) is 40.2 Å². The molecule has 1 aliphatic heterocycles. The minimum atomic E-state index is 0.746. The summed E-state index contributed by atoms with van der Waals surface area (Å²) >= 11 is 0. The fourth-order valence-corrected chi connectivity index (χ4v) is 4.19. The van der Waals surface area contributed by atoms with Crippen molar-refractivity contribution < 1.29 is 0 Å². The number of aliphatic imine (C=N–C) groups is 1. The van der Waals surface area contributed by atoms with Crippen LogP contribution in [0.5, 0.6) is 0 Å². The van der Waals surface area contributed by atoms with E-state index in [9.17, 15) is 0 Å². The number of hydrogen-bond acceptors (Lipinski definition) is 4. The monoisotopic (exact) mass is 425 g/mol. The number of nitrogens with one attached hydrogen (secondary N) is 2. The quantitative estimate of drug-likeness (QED) is 0.387. The normalized spacial score (nSPS) is 15.4. The van der Waals surface area contributed by atoms with Gasteiger partial charge >= 0.3 is 0 Å². The van der Waals surface area contributed by atoms with Crippen molar-refractivity contribution in [2.75, 3.05) is 51.2 Å². The SMILES string of the molecule is CN=C(NCCCCN1CCN(c2cccc(C)c2)CC1)NCc1c(C)nn(C)c1C. The van der Waals surface area contributed by atoms with Crippen molar-refractivity contribution in [1.82, 2.24) is 25.3 Å². The molecule has 0 atom stereocenters. The van der Waals surface area contributed by atoms with Crippen molar-refractivity contribution >= 4 is 11.6 Å². The lowest BCUT2D eigenvalue weighted by atomic mass is 10.2. The zero-order valence-electron chi connectivity index (χ0n) is 19.9. The third-order valence-corrected chi connectivity index (χ3v) is 6.25. The van der Waals surface area contributed by atoms with Gasteiger partial charge in [-0.25, -0.2) is 0 Å². The first-order chi connectivity index (χ1) is 15.0. The van der Waals surface area contributed by atoms with Crippen LogP contribution in [-0.4, -0.2) is 67.0 Å². The van der Waals surface area contributed by atoms with Gasteiger partial charge in [-0.15, -0.1) is 0 Å². The average Bonchev–Trinajstić information content (AvgIpc) is 3.01. The molecule has 1 aromatic carbocycles. The number of nitrogens with zero attached hydrogens (tertiary/aromatic N) is 5. The van der Waals surface area contributed by atoms with E-state index < -0.39 is 0 Å². The Morgan fingerprint density at radius 1 is 1.06 bits per heavy atom. The number of unbranched alkanes of at least 4 members (excludes halogenated alkanes) is 1. The fourth-order valence-electron chi connectivity index (χ4n) is 4.19. The van der Waals surface area contributed by atoms with Gasteiger partial charge in [0.15, 0.2) is 5.96 Å². The van der Waals surface area contributed by atoms with Gasteiger partial charge in [0.1, 0.15) is 0 Å². The van der Waals surface area contributed by atoms with E-state index >= 15 is 0 Å². The van der Waals surface area contributed by atoms with E-state index in [1.54, 1.807) is 0 Å². The number of anilines is 1. The number of piperazine rings is 1. The largest absolute Gasteiger partial charge is 0.369 e. The summed E-state index contributed by atoms with van der Waals surface area (Å²) < 4.78 is 1.93. The summed E-state index contributed by atoms with van der Waals surface area (Å²) in [7, 11) is 3.81. The number of aromatic nitrogens is 2. The molecule has 3 rings (SSSR count). The molecule has 0 aliphatic carbocycles. The molecule has 170 valence electrons. The Bertz CT molecular complexity index is 863. The van der Waals surface area contributed by atoms with Gasteiger partial charge in [0.25, 0.3) is 0 Å². The van der Waals surface area contributed by atoms with Crippen molar-refractivity contribution in [3.63, 3.8) is 0 Å². The number of benzene rings is 1. The van der Waals surface area contributed by atoms with E-state index in [2.05, 4.69) is 75.6 Å². The second-order valence-corrected chi connectivity index (χ2v) is 8.50. The predicted octanol–water partition coefficient (Wildman–Crippen LogP) is 2.61. The highest BCUT2D eigenvalue weighted by atomic mass is 15.3. The summed E-state index contributed by atoms with van der Waals surface area (Å²) in [5.41, 5.74) is 6.21. The zero-order valence-corrected chi connectivity index (χ0v) is 19.9. The molecule has 7 heteroatoms. The first kappa shape index (κ1) is 23.1. The fraction of sp³-hybridized carbons (Fsp3) is 0.583. The van der Waals surface area contributed by atoms with Crippen LogP contribution in [0.3, 0.4) is 0 Å². The van der Waals surface area contributed by atoms with Crippen LogP contribution in [0.4, 0.5) is 5.69 Å². The van der Waals surface area contributed by atoms with Crippen LogP contribution in [0.25, 0.3) is 0 Å². The Kier molecular flexibility index (Phi) is 8.35. The molecule has 0 radical (unpaired) electrons. The summed E-state index contributed by atoms with van der Waals surface area (Å²) in [6, 6.07) is 8.84. The molecule has 31 heavy (non-hydrogen) atoms. The van der Waals surface area contributed by atoms with E-state index in [4.69, 9.17) is 0 Å². The van der Waals surface area contributed by atoms with Gasteiger partial charge in [0.2, 0.25) is 0 Å². The van der Waals surface area contributed by atoms with Gasteiger partial charge in [-0.2, -0.15) is 5.10 Å².